The van der Waals surface area contributed by atoms with Gasteiger partial charge in [0.2, 0.25) is 11.8 Å². The molecule has 2 aromatic rings. The van der Waals surface area contributed by atoms with Gasteiger partial charge >= 0.3 is 7.12 Å². The van der Waals surface area contributed by atoms with Crippen molar-refractivity contribution in [3.63, 3.8) is 0 Å². The van der Waals surface area contributed by atoms with Gasteiger partial charge in [0, 0.05) is 6.92 Å². The fraction of sp³-hybridized carbons (Fsp3) is 0.593. The number of rotatable bonds is 5. The van der Waals surface area contributed by atoms with E-state index in [1.807, 2.05) is 59.7 Å². The number of hydrogen-bond acceptors (Lipinski definition) is 5. The number of carbonyl (C=O) groups excluding carboxylic acids is 2. The third-order valence-corrected chi connectivity index (χ3v) is 7.73. The Morgan fingerprint density at radius 3 is 2.47 bits per heavy atom. The summed E-state index contributed by atoms with van der Waals surface area (Å²) in [5.41, 5.74) is 1.68. The zero-order valence-corrected chi connectivity index (χ0v) is 22.3. The summed E-state index contributed by atoms with van der Waals surface area (Å²) in [6, 6.07) is 4.58. The van der Waals surface area contributed by atoms with Crippen LogP contribution in [0, 0.1) is 18.3 Å². The van der Waals surface area contributed by atoms with Gasteiger partial charge in [-0.3, -0.25) is 9.59 Å². The van der Waals surface area contributed by atoms with E-state index in [2.05, 4.69) is 16.2 Å². The van der Waals surface area contributed by atoms with Gasteiger partial charge in [0.15, 0.2) is 0 Å². The molecule has 1 aromatic carbocycles. The van der Waals surface area contributed by atoms with E-state index < -0.39 is 24.4 Å². The molecule has 1 aromatic heterocycles. The highest BCUT2D eigenvalue weighted by molar-refractivity contribution is 6.62. The van der Waals surface area contributed by atoms with Gasteiger partial charge in [-0.05, 0) is 70.5 Å². The predicted octanol–water partition coefficient (Wildman–Crippen LogP) is 3.08. The van der Waals surface area contributed by atoms with Crippen LogP contribution in [0.3, 0.4) is 0 Å². The number of fused-ring (bicyclic) bond motifs is 1. The molecule has 2 aliphatic rings. The zero-order chi connectivity index (χ0) is 26.4. The number of benzene rings is 1. The number of piperidine rings is 1. The minimum absolute atomic E-state index is 0.0828. The lowest BCUT2D eigenvalue weighted by molar-refractivity contribution is -0.142. The summed E-state index contributed by atoms with van der Waals surface area (Å²) in [4.78, 5) is 35.6. The van der Waals surface area contributed by atoms with Crippen LogP contribution in [0.25, 0.3) is 11.0 Å². The van der Waals surface area contributed by atoms with Crippen molar-refractivity contribution in [2.45, 2.75) is 97.1 Å². The molecular formula is C27H37BN4O4. The Balaban J connectivity index is 1.67. The molecule has 9 heteroatoms. The fourth-order valence-electron chi connectivity index (χ4n) is 4.96. The highest BCUT2D eigenvalue weighted by Crippen LogP contribution is 2.37. The Morgan fingerprint density at radius 1 is 1.22 bits per heavy atom. The monoisotopic (exact) mass is 492 g/mol. The van der Waals surface area contributed by atoms with Crippen LogP contribution in [-0.2, 0) is 18.9 Å². The number of likely N-dealkylation sites (tertiary alicyclic amines) is 1. The Hall–Kier alpha value is -2.83. The topological polar surface area (TPSA) is 96.6 Å². The van der Waals surface area contributed by atoms with E-state index >= 15 is 0 Å². The van der Waals surface area contributed by atoms with Crippen LogP contribution in [0.2, 0.25) is 0 Å². The average Bonchev–Trinajstić information content (AvgIpc) is 3.32. The molecular weight excluding hydrogens is 455 g/mol. The molecule has 2 amide bonds. The summed E-state index contributed by atoms with van der Waals surface area (Å²) in [5, 5.41) is 2.81. The van der Waals surface area contributed by atoms with E-state index in [0.717, 1.165) is 35.8 Å². The van der Waals surface area contributed by atoms with Gasteiger partial charge in [-0.25, -0.2) is 4.98 Å². The molecule has 0 aliphatic carbocycles. The SMILES string of the molecule is C#CC1CCCC(c2nc3ccc(B4OC(C)(C)C(C)(C)O4)cc3[nH]2)N1C(=O)C(NC(C)=O)C(C)C. The van der Waals surface area contributed by atoms with Crippen molar-refractivity contribution in [2.24, 2.45) is 5.92 Å². The molecule has 8 nitrogen and oxygen atoms in total. The lowest BCUT2D eigenvalue weighted by Crippen LogP contribution is -2.55. The minimum atomic E-state index is -0.654. The van der Waals surface area contributed by atoms with Crippen LogP contribution in [0.5, 0.6) is 0 Å². The van der Waals surface area contributed by atoms with E-state index in [0.29, 0.717) is 5.82 Å². The van der Waals surface area contributed by atoms with E-state index in [4.69, 9.17) is 20.7 Å². The molecule has 3 heterocycles. The summed E-state index contributed by atoms with van der Waals surface area (Å²) < 4.78 is 12.4. The second-order valence-electron chi connectivity index (χ2n) is 11.3. The standard InChI is InChI=1S/C27H37BN4O4/c1-9-19-11-10-12-22(32(19)25(34)23(16(2)3)29-17(4)33)24-30-20-14-13-18(15-21(20)31-24)28-35-26(5,6)27(7,8)36-28/h1,13-16,19,22-23H,10-12H2,2-8H3,(H,29,33)(H,30,31). The Kier molecular flexibility index (Phi) is 6.97. The van der Waals surface area contributed by atoms with E-state index in [1.165, 1.54) is 6.92 Å². The number of aromatic amines is 1. The Labute approximate surface area is 214 Å². The van der Waals surface area contributed by atoms with Gasteiger partial charge in [-0.15, -0.1) is 6.42 Å². The number of aromatic nitrogens is 2. The summed E-state index contributed by atoms with van der Waals surface area (Å²) in [7, 11) is -0.478. The van der Waals surface area contributed by atoms with Gasteiger partial charge < -0.3 is 24.5 Å². The molecule has 2 fully saturated rings. The molecule has 0 bridgehead atoms. The normalized spacial score (nSPS) is 24.1. The van der Waals surface area contributed by atoms with E-state index in [-0.39, 0.29) is 29.8 Å². The summed E-state index contributed by atoms with van der Waals surface area (Å²) in [5.74, 6) is 2.98. The summed E-state index contributed by atoms with van der Waals surface area (Å²) >= 11 is 0. The molecule has 36 heavy (non-hydrogen) atoms. The number of terminal acetylenes is 1. The third-order valence-electron chi connectivity index (χ3n) is 7.73. The zero-order valence-electron chi connectivity index (χ0n) is 22.3. The van der Waals surface area contributed by atoms with Crippen LogP contribution in [0.15, 0.2) is 18.2 Å². The summed E-state index contributed by atoms with van der Waals surface area (Å²) in [6.07, 6.45) is 8.20. The lowest BCUT2D eigenvalue weighted by atomic mass is 9.79. The number of imidazole rings is 1. The highest BCUT2D eigenvalue weighted by Gasteiger charge is 2.51. The van der Waals surface area contributed by atoms with Crippen LogP contribution in [-0.4, -0.2) is 57.1 Å². The molecule has 4 rings (SSSR count). The number of carbonyl (C=O) groups is 2. The molecule has 2 N–H and O–H groups in total. The van der Waals surface area contributed by atoms with E-state index in [9.17, 15) is 9.59 Å². The second-order valence-corrected chi connectivity index (χ2v) is 11.3. The van der Waals surface area contributed by atoms with Crippen molar-refractivity contribution in [1.82, 2.24) is 20.2 Å². The smallest absolute Gasteiger partial charge is 0.399 e. The first-order valence-corrected chi connectivity index (χ1v) is 12.7. The van der Waals surface area contributed by atoms with Crippen LogP contribution in [0.4, 0.5) is 0 Å². The maximum atomic E-state index is 13.7. The fourth-order valence-corrected chi connectivity index (χ4v) is 4.96. The number of nitrogens with zero attached hydrogens (tertiary/aromatic N) is 2. The molecule has 2 saturated heterocycles. The predicted molar refractivity (Wildman–Crippen MR) is 140 cm³/mol. The van der Waals surface area contributed by atoms with Crippen molar-refractivity contribution < 1.29 is 18.9 Å². The van der Waals surface area contributed by atoms with Gasteiger partial charge in [0.25, 0.3) is 0 Å². The largest absolute Gasteiger partial charge is 0.494 e. The van der Waals surface area contributed by atoms with Crippen molar-refractivity contribution in [3.8, 4) is 12.3 Å². The Morgan fingerprint density at radius 2 is 1.89 bits per heavy atom. The number of hydrogen-bond donors (Lipinski definition) is 2. The third kappa shape index (κ3) is 4.77. The second kappa shape index (κ2) is 9.57. The molecule has 3 unspecified atom stereocenters. The molecule has 2 aliphatic heterocycles. The maximum Gasteiger partial charge on any atom is 0.494 e. The Bertz CT molecular complexity index is 1180. The lowest BCUT2D eigenvalue weighted by Gasteiger charge is -2.41. The summed E-state index contributed by atoms with van der Waals surface area (Å²) in [6.45, 7) is 13.4. The first-order valence-electron chi connectivity index (χ1n) is 12.7. The molecule has 0 radical (unpaired) electrons. The van der Waals surface area contributed by atoms with Gasteiger partial charge in [0.05, 0.1) is 34.3 Å². The molecule has 192 valence electrons. The van der Waals surface area contributed by atoms with Crippen LogP contribution >= 0.6 is 0 Å². The number of H-pyrrole nitrogens is 1. The first kappa shape index (κ1) is 26.2. The molecule has 3 atom stereocenters. The van der Waals surface area contributed by atoms with Crippen LogP contribution < -0.4 is 10.8 Å². The van der Waals surface area contributed by atoms with Crippen LogP contribution in [0.1, 0.15) is 79.6 Å². The van der Waals surface area contributed by atoms with Crippen molar-refractivity contribution in [1.29, 1.82) is 0 Å². The highest BCUT2D eigenvalue weighted by atomic mass is 16.7. The minimum Gasteiger partial charge on any atom is -0.399 e. The van der Waals surface area contributed by atoms with Crippen molar-refractivity contribution in [3.05, 3.63) is 24.0 Å². The average molecular weight is 492 g/mol. The molecule has 0 saturated carbocycles. The number of nitrogens with one attached hydrogen (secondary N) is 2. The number of amides is 2. The van der Waals surface area contributed by atoms with Gasteiger partial charge in [-0.2, -0.15) is 0 Å². The van der Waals surface area contributed by atoms with Gasteiger partial charge in [0.1, 0.15) is 11.9 Å². The van der Waals surface area contributed by atoms with E-state index in [1.54, 1.807) is 4.90 Å². The van der Waals surface area contributed by atoms with Gasteiger partial charge in [-0.1, -0.05) is 25.8 Å². The maximum absolute atomic E-state index is 13.7. The first-order chi connectivity index (χ1) is 16.8. The van der Waals surface area contributed by atoms with Crippen molar-refractivity contribution >= 4 is 35.4 Å². The quantitative estimate of drug-likeness (QED) is 0.494. The molecule has 0 spiro atoms. The van der Waals surface area contributed by atoms with Crippen molar-refractivity contribution in [2.75, 3.05) is 0 Å².